The van der Waals surface area contributed by atoms with Crippen LogP contribution in [-0.4, -0.2) is 13.2 Å². The van der Waals surface area contributed by atoms with E-state index in [-0.39, 0.29) is 0 Å². The monoisotopic (exact) mass is 678 g/mol. The summed E-state index contributed by atoms with van der Waals surface area (Å²) in [4.78, 5) is 0. The number of rotatable bonds is 13. The molecule has 0 N–H and O–H groups in total. The second kappa shape index (κ2) is 16.3. The van der Waals surface area contributed by atoms with Gasteiger partial charge in [0.15, 0.2) is 0 Å². The third-order valence-corrected chi connectivity index (χ3v) is 10.6. The van der Waals surface area contributed by atoms with Crippen molar-refractivity contribution in [1.29, 1.82) is 0 Å². The summed E-state index contributed by atoms with van der Waals surface area (Å²) >= 11 is 13.2. The van der Waals surface area contributed by atoms with Crippen LogP contribution in [0.1, 0.15) is 12.8 Å². The zero-order chi connectivity index (χ0) is 31.6. The van der Waals surface area contributed by atoms with Gasteiger partial charge in [-0.05, 0) is 70.2 Å². The van der Waals surface area contributed by atoms with Crippen LogP contribution in [0.4, 0.5) is 0 Å². The van der Waals surface area contributed by atoms with Crippen LogP contribution in [0, 0.1) is 0 Å². The highest BCUT2D eigenvalue weighted by atomic mass is 35.5. The first-order valence-electron chi connectivity index (χ1n) is 15.3. The Morgan fingerprint density at radius 3 is 1.80 bits per heavy atom. The number of benzene rings is 6. The molecule has 0 aliphatic heterocycles. The fraction of sp³-hybridized carbons (Fsp3) is 0.100. The van der Waals surface area contributed by atoms with Crippen LogP contribution in [0.2, 0.25) is 10.0 Å². The minimum atomic E-state index is 0.414. The second-order valence-electron chi connectivity index (χ2n) is 10.7. The third kappa shape index (κ3) is 8.38. The van der Waals surface area contributed by atoms with Crippen molar-refractivity contribution >= 4 is 61.6 Å². The Kier molecular flexibility index (Phi) is 11.4. The van der Waals surface area contributed by atoms with Gasteiger partial charge in [-0.1, -0.05) is 156 Å². The Morgan fingerprint density at radius 1 is 0.457 bits per heavy atom. The van der Waals surface area contributed by atoms with E-state index in [1.807, 2.05) is 48.5 Å². The molecule has 2 unspecified atom stereocenters. The van der Waals surface area contributed by atoms with Gasteiger partial charge in [-0.15, -0.1) is 0 Å². The van der Waals surface area contributed by atoms with Gasteiger partial charge in [0.1, 0.15) is 11.5 Å². The summed E-state index contributed by atoms with van der Waals surface area (Å²) in [6, 6.07) is 49.7. The molecule has 0 radical (unpaired) electrons. The van der Waals surface area contributed by atoms with Gasteiger partial charge in [-0.25, -0.2) is 0 Å². The maximum absolute atomic E-state index is 6.92. The maximum Gasteiger partial charge on any atom is 0.127 e. The van der Waals surface area contributed by atoms with Crippen molar-refractivity contribution in [1.82, 2.24) is 0 Å². The highest BCUT2D eigenvalue weighted by molar-refractivity contribution is 7.56. The van der Waals surface area contributed by atoms with E-state index in [2.05, 4.69) is 97.1 Å². The molecule has 0 amide bonds. The van der Waals surface area contributed by atoms with Crippen LogP contribution in [0.15, 0.2) is 146 Å². The number of para-hydroxylation sites is 2. The number of ether oxygens (including phenoxy) is 2. The van der Waals surface area contributed by atoms with Gasteiger partial charge in [0.05, 0.1) is 13.2 Å². The number of hydrogen-bond donors (Lipinski definition) is 0. The van der Waals surface area contributed by atoms with Gasteiger partial charge in [0.25, 0.3) is 0 Å². The van der Waals surface area contributed by atoms with Gasteiger partial charge in [-0.2, -0.15) is 0 Å². The Hall–Kier alpha value is -3.64. The lowest BCUT2D eigenvalue weighted by Gasteiger charge is -2.18. The van der Waals surface area contributed by atoms with Gasteiger partial charge in [0, 0.05) is 26.5 Å². The molecule has 230 valence electrons. The van der Waals surface area contributed by atoms with Crippen molar-refractivity contribution < 1.29 is 9.47 Å². The highest BCUT2D eigenvalue weighted by Crippen LogP contribution is 2.40. The van der Waals surface area contributed by atoms with E-state index in [4.69, 9.17) is 32.7 Å². The van der Waals surface area contributed by atoms with Crippen molar-refractivity contribution in [3.05, 3.63) is 156 Å². The molecule has 0 aromatic heterocycles. The standard InChI is InChI=1S/C40H34Cl2O2P2/c41-29-14-12-17-31(28-29)46-39-25-13-21-35(42)40(39)34-20-5-4-18-32(34)33-19-6-7-22-36(33)43-26-10-11-27-44-37-23-8-9-24-38(37)45-30-15-2-1-3-16-30/h1-9,12-25,28,45-46H,10-11,26-27H2. The molecule has 0 aliphatic rings. The summed E-state index contributed by atoms with van der Waals surface area (Å²) in [5.74, 6) is 1.82. The smallest absolute Gasteiger partial charge is 0.127 e. The summed E-state index contributed by atoms with van der Waals surface area (Å²) < 4.78 is 12.6. The summed E-state index contributed by atoms with van der Waals surface area (Å²) in [5, 5.41) is 6.34. The van der Waals surface area contributed by atoms with Crippen molar-refractivity contribution in [2.24, 2.45) is 0 Å². The van der Waals surface area contributed by atoms with E-state index in [0.29, 0.717) is 30.4 Å². The van der Waals surface area contributed by atoms with Crippen molar-refractivity contribution in [3.8, 4) is 33.8 Å². The quantitative estimate of drug-likeness (QED) is 0.0894. The zero-order valence-corrected chi connectivity index (χ0v) is 28.8. The third-order valence-electron chi connectivity index (χ3n) is 7.48. The highest BCUT2D eigenvalue weighted by Gasteiger charge is 2.17. The first-order chi connectivity index (χ1) is 22.7. The Balaban J connectivity index is 1.13. The van der Waals surface area contributed by atoms with Gasteiger partial charge < -0.3 is 9.47 Å². The minimum Gasteiger partial charge on any atom is -0.493 e. The van der Waals surface area contributed by atoms with Gasteiger partial charge in [0.2, 0.25) is 0 Å². The lowest BCUT2D eigenvalue weighted by atomic mass is 9.94. The molecule has 0 heterocycles. The van der Waals surface area contributed by atoms with Crippen LogP contribution in [0.5, 0.6) is 11.5 Å². The Morgan fingerprint density at radius 2 is 1.02 bits per heavy atom. The summed E-state index contributed by atoms with van der Waals surface area (Å²) in [7, 11) is 0.983. The van der Waals surface area contributed by atoms with E-state index < -0.39 is 0 Å². The summed E-state index contributed by atoms with van der Waals surface area (Å²) in [5.41, 5.74) is 4.25. The van der Waals surface area contributed by atoms with Crippen molar-refractivity contribution in [2.75, 3.05) is 13.2 Å². The van der Waals surface area contributed by atoms with Crippen LogP contribution < -0.4 is 30.7 Å². The van der Waals surface area contributed by atoms with Gasteiger partial charge >= 0.3 is 0 Å². The van der Waals surface area contributed by atoms with E-state index in [9.17, 15) is 0 Å². The summed E-state index contributed by atoms with van der Waals surface area (Å²) in [6.07, 6.45) is 1.78. The molecule has 2 nitrogen and oxygen atoms in total. The minimum absolute atomic E-state index is 0.414. The van der Waals surface area contributed by atoms with E-state index in [1.54, 1.807) is 0 Å². The molecule has 0 spiro atoms. The lowest BCUT2D eigenvalue weighted by Crippen LogP contribution is -2.10. The van der Waals surface area contributed by atoms with E-state index in [0.717, 1.165) is 56.6 Å². The predicted molar refractivity (Wildman–Crippen MR) is 202 cm³/mol. The van der Waals surface area contributed by atoms with Crippen LogP contribution >= 0.6 is 40.4 Å². The first-order valence-corrected chi connectivity index (χ1v) is 18.1. The topological polar surface area (TPSA) is 18.5 Å². The molecular weight excluding hydrogens is 645 g/mol. The molecule has 6 rings (SSSR count). The number of hydrogen-bond acceptors (Lipinski definition) is 2. The molecular formula is C40H34Cl2O2P2. The van der Waals surface area contributed by atoms with Crippen molar-refractivity contribution in [3.63, 3.8) is 0 Å². The largest absolute Gasteiger partial charge is 0.493 e. The molecule has 2 atom stereocenters. The fourth-order valence-corrected chi connectivity index (χ4v) is 8.37. The fourth-order valence-electron chi connectivity index (χ4n) is 5.32. The van der Waals surface area contributed by atoms with E-state index >= 15 is 0 Å². The molecule has 46 heavy (non-hydrogen) atoms. The number of halogens is 2. The molecule has 0 saturated heterocycles. The van der Waals surface area contributed by atoms with Crippen LogP contribution in [-0.2, 0) is 0 Å². The molecule has 6 heteroatoms. The van der Waals surface area contributed by atoms with Crippen LogP contribution in [0.3, 0.4) is 0 Å². The lowest BCUT2D eigenvalue weighted by molar-refractivity contribution is 0.268. The molecule has 0 fully saturated rings. The Labute approximate surface area is 285 Å². The summed E-state index contributed by atoms with van der Waals surface area (Å²) in [6.45, 7) is 1.25. The molecule has 0 aliphatic carbocycles. The maximum atomic E-state index is 6.92. The number of unbranched alkanes of at least 4 members (excludes halogenated alkanes) is 1. The second-order valence-corrected chi connectivity index (χ2v) is 14.3. The van der Waals surface area contributed by atoms with E-state index in [1.165, 1.54) is 21.2 Å². The first kappa shape index (κ1) is 32.3. The SMILES string of the molecule is Clc1cccc(Pc2cccc(Cl)c2-c2ccccc2-c2ccccc2OCCCCOc2ccccc2Pc2ccccc2)c1. The molecule has 0 saturated carbocycles. The normalized spacial score (nSPS) is 11.4. The molecule has 6 aromatic carbocycles. The Bertz CT molecular complexity index is 1890. The van der Waals surface area contributed by atoms with Gasteiger partial charge in [-0.3, -0.25) is 0 Å². The van der Waals surface area contributed by atoms with Crippen molar-refractivity contribution in [2.45, 2.75) is 12.8 Å². The molecule has 0 bridgehead atoms. The average molecular weight is 680 g/mol. The average Bonchev–Trinajstić information content (AvgIpc) is 3.08. The predicted octanol–water partition coefficient (Wildman–Crippen LogP) is 9.82. The zero-order valence-electron chi connectivity index (χ0n) is 25.3. The van der Waals surface area contributed by atoms with Crippen LogP contribution in [0.25, 0.3) is 22.3 Å². The molecule has 6 aromatic rings.